The van der Waals surface area contributed by atoms with Gasteiger partial charge in [0.15, 0.2) is 5.16 Å². The molecule has 0 fully saturated rings. The van der Waals surface area contributed by atoms with Crippen LogP contribution in [0, 0.1) is 5.82 Å². The molecule has 2 aromatic carbocycles. The Morgan fingerprint density at radius 1 is 0.880 bits per heavy atom. The number of aromatic nitrogens is 2. The van der Waals surface area contributed by atoms with Crippen molar-refractivity contribution in [1.29, 1.82) is 0 Å². The third kappa shape index (κ3) is 5.09. The monoisotopic (exact) mass is 356 g/mol. The highest BCUT2D eigenvalue weighted by Gasteiger charge is 2.03. The van der Waals surface area contributed by atoms with Crippen molar-refractivity contribution in [2.45, 2.75) is 17.5 Å². The molecule has 1 heterocycles. The molecule has 0 radical (unpaired) electrons. The number of nitrogen functional groups attached to an aromatic ring is 2. The van der Waals surface area contributed by atoms with Gasteiger partial charge in [0.1, 0.15) is 29.8 Å². The molecule has 3 rings (SSSR count). The molecule has 1 aromatic heterocycles. The second kappa shape index (κ2) is 7.85. The fourth-order valence-corrected chi connectivity index (χ4v) is 2.93. The zero-order valence-corrected chi connectivity index (χ0v) is 14.2. The molecule has 4 N–H and O–H groups in total. The van der Waals surface area contributed by atoms with Crippen LogP contribution in [0.1, 0.15) is 11.1 Å². The molecular weight excluding hydrogens is 339 g/mol. The molecular formula is C18H17FN4OS. The van der Waals surface area contributed by atoms with Crippen LogP contribution in [0.2, 0.25) is 0 Å². The number of halogens is 1. The molecule has 5 nitrogen and oxygen atoms in total. The maximum Gasteiger partial charge on any atom is 0.191 e. The zero-order valence-electron chi connectivity index (χ0n) is 13.4. The minimum Gasteiger partial charge on any atom is -0.489 e. The van der Waals surface area contributed by atoms with Gasteiger partial charge in [-0.25, -0.2) is 14.4 Å². The highest BCUT2D eigenvalue weighted by molar-refractivity contribution is 7.98. The molecule has 0 aliphatic rings. The first kappa shape index (κ1) is 17.0. The van der Waals surface area contributed by atoms with E-state index in [4.69, 9.17) is 16.2 Å². The lowest BCUT2D eigenvalue weighted by molar-refractivity contribution is 0.306. The van der Waals surface area contributed by atoms with Crippen molar-refractivity contribution in [3.05, 3.63) is 71.5 Å². The van der Waals surface area contributed by atoms with Crippen LogP contribution in [0.3, 0.4) is 0 Å². The average molecular weight is 356 g/mol. The van der Waals surface area contributed by atoms with Crippen molar-refractivity contribution in [3.8, 4) is 5.75 Å². The van der Waals surface area contributed by atoms with E-state index in [0.717, 1.165) is 16.9 Å². The summed E-state index contributed by atoms with van der Waals surface area (Å²) in [6.45, 7) is 0.394. The zero-order chi connectivity index (χ0) is 17.6. The quantitative estimate of drug-likeness (QED) is 0.518. The molecule has 0 amide bonds. The summed E-state index contributed by atoms with van der Waals surface area (Å²) in [6, 6.07) is 15.5. The number of nitrogens with zero attached hydrogens (tertiary/aromatic N) is 2. The van der Waals surface area contributed by atoms with Crippen LogP contribution in [-0.2, 0) is 12.4 Å². The second-order valence-corrected chi connectivity index (χ2v) is 6.29. The minimum absolute atomic E-state index is 0.253. The summed E-state index contributed by atoms with van der Waals surface area (Å²) in [5.41, 5.74) is 13.3. The van der Waals surface area contributed by atoms with Crippen molar-refractivity contribution in [1.82, 2.24) is 9.97 Å². The van der Waals surface area contributed by atoms with Gasteiger partial charge in [0, 0.05) is 11.8 Å². The number of thioether (sulfide) groups is 1. The van der Waals surface area contributed by atoms with Crippen LogP contribution < -0.4 is 16.2 Å². The molecule has 0 bridgehead atoms. The van der Waals surface area contributed by atoms with E-state index in [1.54, 1.807) is 12.1 Å². The summed E-state index contributed by atoms with van der Waals surface area (Å²) in [7, 11) is 0. The van der Waals surface area contributed by atoms with E-state index in [9.17, 15) is 4.39 Å². The Labute approximate surface area is 149 Å². The molecule has 0 saturated heterocycles. The van der Waals surface area contributed by atoms with E-state index in [1.165, 1.54) is 30.0 Å². The first-order valence-electron chi connectivity index (χ1n) is 7.57. The standard InChI is InChI=1S/C18H17FN4OS/c19-14-5-1-12(2-6-14)10-24-15-7-3-13(4-8-15)11-25-18-22-16(20)9-17(21)23-18/h1-9H,10-11H2,(H4,20,21,22,23). The molecule has 7 heteroatoms. The molecule has 25 heavy (non-hydrogen) atoms. The highest BCUT2D eigenvalue weighted by atomic mass is 32.2. The number of hydrogen-bond acceptors (Lipinski definition) is 6. The van der Waals surface area contributed by atoms with E-state index in [1.807, 2.05) is 24.3 Å². The summed E-state index contributed by atoms with van der Waals surface area (Å²) < 4.78 is 18.6. The molecule has 0 aliphatic carbocycles. The lowest BCUT2D eigenvalue weighted by Gasteiger charge is -2.07. The van der Waals surface area contributed by atoms with Crippen molar-refractivity contribution in [2.75, 3.05) is 11.5 Å². The molecule has 0 spiro atoms. The largest absolute Gasteiger partial charge is 0.489 e. The van der Waals surface area contributed by atoms with Crippen LogP contribution in [0.25, 0.3) is 0 Å². The summed E-state index contributed by atoms with van der Waals surface area (Å²) in [4.78, 5) is 8.27. The summed E-state index contributed by atoms with van der Waals surface area (Å²) in [5, 5.41) is 0.550. The molecule has 3 aromatic rings. The number of anilines is 2. The lowest BCUT2D eigenvalue weighted by Crippen LogP contribution is -1.99. The van der Waals surface area contributed by atoms with Gasteiger partial charge in [-0.05, 0) is 35.4 Å². The van der Waals surface area contributed by atoms with E-state index < -0.39 is 0 Å². The highest BCUT2D eigenvalue weighted by Crippen LogP contribution is 2.23. The fourth-order valence-electron chi connectivity index (χ4n) is 2.10. The van der Waals surface area contributed by atoms with Crippen molar-refractivity contribution in [2.24, 2.45) is 0 Å². The minimum atomic E-state index is -0.253. The summed E-state index contributed by atoms with van der Waals surface area (Å²) in [6.07, 6.45) is 0. The number of hydrogen-bond donors (Lipinski definition) is 2. The first-order chi connectivity index (χ1) is 12.1. The number of benzene rings is 2. The van der Waals surface area contributed by atoms with Crippen LogP contribution in [0.5, 0.6) is 5.75 Å². The van der Waals surface area contributed by atoms with Crippen molar-refractivity contribution in [3.63, 3.8) is 0 Å². The Kier molecular flexibility index (Phi) is 5.35. The van der Waals surface area contributed by atoms with Gasteiger partial charge in [-0.2, -0.15) is 0 Å². The van der Waals surface area contributed by atoms with Gasteiger partial charge >= 0.3 is 0 Å². The molecule has 0 saturated carbocycles. The predicted molar refractivity (Wildman–Crippen MR) is 97.6 cm³/mol. The number of ether oxygens (including phenoxy) is 1. The molecule has 0 atom stereocenters. The maximum absolute atomic E-state index is 12.9. The SMILES string of the molecule is Nc1cc(N)nc(SCc2ccc(OCc3ccc(F)cc3)cc2)n1. The first-order valence-corrected chi connectivity index (χ1v) is 8.56. The fraction of sp³-hybridized carbons (Fsp3) is 0.111. The normalized spacial score (nSPS) is 10.6. The predicted octanol–water partition coefficient (Wildman–Crippen LogP) is 3.65. The Balaban J connectivity index is 1.54. The van der Waals surface area contributed by atoms with E-state index >= 15 is 0 Å². The van der Waals surface area contributed by atoms with Crippen molar-refractivity contribution >= 4 is 23.4 Å². The average Bonchev–Trinajstić information content (AvgIpc) is 2.60. The molecule has 128 valence electrons. The van der Waals surface area contributed by atoms with Gasteiger partial charge in [-0.15, -0.1) is 0 Å². The number of rotatable bonds is 6. The van der Waals surface area contributed by atoms with Crippen LogP contribution >= 0.6 is 11.8 Å². The van der Waals surface area contributed by atoms with Gasteiger partial charge in [0.05, 0.1) is 0 Å². The smallest absolute Gasteiger partial charge is 0.191 e. The van der Waals surface area contributed by atoms with Gasteiger partial charge < -0.3 is 16.2 Å². The third-order valence-corrected chi connectivity index (χ3v) is 4.27. The topological polar surface area (TPSA) is 87.1 Å². The lowest BCUT2D eigenvalue weighted by atomic mass is 10.2. The Morgan fingerprint density at radius 2 is 1.48 bits per heavy atom. The summed E-state index contributed by atoms with van der Waals surface area (Å²) >= 11 is 1.46. The maximum atomic E-state index is 12.9. The number of nitrogens with two attached hydrogens (primary N) is 2. The van der Waals surface area contributed by atoms with Crippen LogP contribution in [-0.4, -0.2) is 9.97 Å². The van der Waals surface area contributed by atoms with Crippen molar-refractivity contribution < 1.29 is 9.13 Å². The Morgan fingerprint density at radius 3 is 2.12 bits per heavy atom. The van der Waals surface area contributed by atoms with Gasteiger partial charge in [0.25, 0.3) is 0 Å². The Bertz CT molecular complexity index is 820. The summed E-state index contributed by atoms with van der Waals surface area (Å²) in [5.74, 6) is 1.92. The van der Waals surface area contributed by atoms with E-state index in [-0.39, 0.29) is 5.82 Å². The molecule has 0 aliphatic heterocycles. The Hall–Kier alpha value is -2.80. The second-order valence-electron chi connectivity index (χ2n) is 5.35. The van der Waals surface area contributed by atoms with Gasteiger partial charge in [-0.3, -0.25) is 0 Å². The van der Waals surface area contributed by atoms with Crippen LogP contribution in [0.15, 0.2) is 59.8 Å². The van der Waals surface area contributed by atoms with Crippen LogP contribution in [0.4, 0.5) is 16.0 Å². The van der Waals surface area contributed by atoms with E-state index in [0.29, 0.717) is 29.2 Å². The van der Waals surface area contributed by atoms with Gasteiger partial charge in [0.2, 0.25) is 0 Å². The van der Waals surface area contributed by atoms with Gasteiger partial charge in [-0.1, -0.05) is 36.0 Å². The van der Waals surface area contributed by atoms with E-state index in [2.05, 4.69) is 9.97 Å². The third-order valence-electron chi connectivity index (χ3n) is 3.36. The molecule has 0 unspecified atom stereocenters.